The third-order valence-electron chi connectivity index (χ3n) is 6.31. The van der Waals surface area contributed by atoms with E-state index in [1.165, 1.54) is 19.2 Å². The molecule has 0 aliphatic carbocycles. The molecule has 0 saturated carbocycles. The van der Waals surface area contributed by atoms with Gasteiger partial charge in [0.15, 0.2) is 5.84 Å². The predicted molar refractivity (Wildman–Crippen MR) is 145 cm³/mol. The number of alkyl halides is 3. The van der Waals surface area contributed by atoms with E-state index >= 15 is 4.39 Å². The van der Waals surface area contributed by atoms with Gasteiger partial charge >= 0.3 is 6.18 Å². The molecule has 2 aromatic carbocycles. The molecule has 11 heteroatoms. The van der Waals surface area contributed by atoms with Crippen molar-refractivity contribution in [2.75, 3.05) is 11.9 Å². The summed E-state index contributed by atoms with van der Waals surface area (Å²) in [7, 11) is 0. The average molecular weight is 552 g/mol. The number of benzene rings is 2. The zero-order chi connectivity index (χ0) is 29.0. The number of rotatable bonds is 5. The minimum atomic E-state index is -4.95. The van der Waals surface area contributed by atoms with Gasteiger partial charge in [-0.3, -0.25) is 14.6 Å². The van der Waals surface area contributed by atoms with Crippen LogP contribution in [0.3, 0.4) is 0 Å². The molecule has 4 rings (SSSR count). The van der Waals surface area contributed by atoms with Crippen LogP contribution >= 0.6 is 0 Å². The van der Waals surface area contributed by atoms with Gasteiger partial charge in [-0.05, 0) is 37.4 Å². The number of amidine groups is 1. The number of hydrogen-bond acceptors (Lipinski definition) is 4. The molecule has 206 valence electrons. The van der Waals surface area contributed by atoms with Crippen LogP contribution in [0.25, 0.3) is 11.3 Å². The number of nitrogens with zero attached hydrogens (tertiary/aromatic N) is 4. The molecule has 2 heterocycles. The summed E-state index contributed by atoms with van der Waals surface area (Å²) in [5.74, 6) is -2.92. The smallest absolute Gasteiger partial charge is 0.338 e. The fraction of sp³-hybridized carbons (Fsp3) is 0.207. The van der Waals surface area contributed by atoms with E-state index in [9.17, 15) is 22.8 Å². The van der Waals surface area contributed by atoms with Crippen LogP contribution in [0.2, 0.25) is 0 Å². The standard InChI is InChI=1S/C29H25F4N5O2/c1-4-11-35-27(34-3)20-14-21(23(30)15-22(20)29(31,32)33)28(40)37-25-13-19-16-38(17(2)39)12-10-24(19)36-26(25)18-8-6-5-7-9-18/h4-9,11,13-15H,3,10,12,16H2,1-2H3,(H,37,40)/b11-4-,35-27-. The van der Waals surface area contributed by atoms with Gasteiger partial charge in [0.05, 0.1) is 22.5 Å². The number of anilines is 1. The number of carbonyl (C=O) groups is 2. The molecule has 1 aliphatic heterocycles. The maximum Gasteiger partial charge on any atom is 0.417 e. The van der Waals surface area contributed by atoms with Crippen LogP contribution in [-0.2, 0) is 23.9 Å². The molecule has 1 N–H and O–H groups in total. The van der Waals surface area contributed by atoms with Crippen LogP contribution in [0.4, 0.5) is 23.2 Å². The Bertz CT molecular complexity index is 1530. The minimum absolute atomic E-state index is 0.117. The predicted octanol–water partition coefficient (Wildman–Crippen LogP) is 6.04. The van der Waals surface area contributed by atoms with Crippen LogP contribution in [-0.4, -0.2) is 40.8 Å². The molecule has 7 nitrogen and oxygen atoms in total. The molecule has 40 heavy (non-hydrogen) atoms. The van der Waals surface area contributed by atoms with Crippen LogP contribution in [0, 0.1) is 5.82 Å². The summed E-state index contributed by atoms with van der Waals surface area (Å²) in [6.07, 6.45) is -1.76. The van der Waals surface area contributed by atoms with Crippen molar-refractivity contribution in [2.45, 2.75) is 33.0 Å². The number of hydrogen-bond donors (Lipinski definition) is 1. The zero-order valence-electron chi connectivity index (χ0n) is 21.7. The second-order valence-electron chi connectivity index (χ2n) is 8.97. The van der Waals surface area contributed by atoms with E-state index < -0.39 is 40.4 Å². The van der Waals surface area contributed by atoms with Crippen molar-refractivity contribution in [3.05, 3.63) is 94.6 Å². The van der Waals surface area contributed by atoms with Crippen molar-refractivity contribution in [2.24, 2.45) is 9.98 Å². The van der Waals surface area contributed by atoms with Crippen molar-refractivity contribution in [3.8, 4) is 11.3 Å². The third-order valence-corrected chi connectivity index (χ3v) is 6.31. The quantitative estimate of drug-likeness (QED) is 0.238. The highest BCUT2D eigenvalue weighted by molar-refractivity contribution is 6.09. The number of carbonyl (C=O) groups excluding carboxylic acids is 2. The van der Waals surface area contributed by atoms with Gasteiger partial charge in [-0.2, -0.15) is 13.2 Å². The van der Waals surface area contributed by atoms with Gasteiger partial charge in [-0.1, -0.05) is 36.4 Å². The fourth-order valence-electron chi connectivity index (χ4n) is 4.35. The Labute approximate surface area is 228 Å². The van der Waals surface area contributed by atoms with Crippen molar-refractivity contribution < 1.29 is 27.2 Å². The van der Waals surface area contributed by atoms with Gasteiger partial charge in [-0.15, -0.1) is 0 Å². The summed E-state index contributed by atoms with van der Waals surface area (Å²) in [4.78, 5) is 39.1. The second-order valence-corrected chi connectivity index (χ2v) is 8.97. The Morgan fingerprint density at radius 2 is 1.85 bits per heavy atom. The fourth-order valence-corrected chi connectivity index (χ4v) is 4.35. The summed E-state index contributed by atoms with van der Waals surface area (Å²) >= 11 is 0. The molecule has 0 atom stereocenters. The molecule has 0 bridgehead atoms. The number of pyridine rings is 1. The highest BCUT2D eigenvalue weighted by Gasteiger charge is 2.36. The summed E-state index contributed by atoms with van der Waals surface area (Å²) in [6.45, 7) is 7.08. The molecule has 1 aliphatic rings. The normalized spacial score (nSPS) is 13.8. The molecule has 0 radical (unpaired) electrons. The van der Waals surface area contributed by atoms with Crippen molar-refractivity contribution in [1.82, 2.24) is 9.88 Å². The molecule has 3 aromatic rings. The Balaban J connectivity index is 1.82. The van der Waals surface area contributed by atoms with Crippen LogP contribution in [0.5, 0.6) is 0 Å². The van der Waals surface area contributed by atoms with E-state index in [0.717, 1.165) is 11.8 Å². The van der Waals surface area contributed by atoms with Crippen molar-refractivity contribution in [3.63, 3.8) is 0 Å². The third kappa shape index (κ3) is 5.98. The highest BCUT2D eigenvalue weighted by Crippen LogP contribution is 2.35. The lowest BCUT2D eigenvalue weighted by Gasteiger charge is -2.28. The Morgan fingerprint density at radius 1 is 1.12 bits per heavy atom. The average Bonchev–Trinajstić information content (AvgIpc) is 2.93. The Hall–Kier alpha value is -4.67. The van der Waals surface area contributed by atoms with Crippen LogP contribution in [0.1, 0.15) is 46.6 Å². The van der Waals surface area contributed by atoms with Gasteiger partial charge in [-0.25, -0.2) is 14.4 Å². The number of aromatic nitrogens is 1. The maximum absolute atomic E-state index is 15.0. The lowest BCUT2D eigenvalue weighted by Crippen LogP contribution is -2.34. The van der Waals surface area contributed by atoms with Crippen molar-refractivity contribution >= 4 is 30.1 Å². The first-order valence-electron chi connectivity index (χ1n) is 12.2. The monoisotopic (exact) mass is 551 g/mol. The molecule has 0 unspecified atom stereocenters. The number of fused-ring (bicyclic) bond motifs is 1. The van der Waals surface area contributed by atoms with E-state index in [1.54, 1.807) is 42.2 Å². The van der Waals surface area contributed by atoms with E-state index in [1.807, 2.05) is 6.07 Å². The first kappa shape index (κ1) is 28.3. The first-order valence-corrected chi connectivity index (χ1v) is 12.2. The minimum Gasteiger partial charge on any atom is -0.338 e. The SMILES string of the molecule is C=N/C(=N\C=C/C)c1cc(C(=O)Nc2cc3c(nc2-c2ccccc2)CCN(C(C)=O)C3)c(F)cc1C(F)(F)F. The van der Waals surface area contributed by atoms with E-state index in [4.69, 9.17) is 4.98 Å². The molecule has 1 aromatic heterocycles. The molecular formula is C29H25F4N5O2. The molecule has 0 spiro atoms. The van der Waals surface area contributed by atoms with Crippen LogP contribution < -0.4 is 5.32 Å². The van der Waals surface area contributed by atoms with Crippen LogP contribution in [0.15, 0.2) is 70.8 Å². The molecule has 0 fully saturated rings. The van der Waals surface area contributed by atoms with E-state index in [-0.39, 0.29) is 24.2 Å². The summed E-state index contributed by atoms with van der Waals surface area (Å²) in [6, 6.07) is 11.6. The van der Waals surface area contributed by atoms with Crippen molar-refractivity contribution in [1.29, 1.82) is 0 Å². The number of halogens is 4. The lowest BCUT2D eigenvalue weighted by molar-refractivity contribution is -0.138. The largest absolute Gasteiger partial charge is 0.417 e. The Morgan fingerprint density at radius 3 is 2.48 bits per heavy atom. The Kier molecular flexibility index (Phi) is 8.22. The van der Waals surface area contributed by atoms with Gasteiger partial charge in [0.1, 0.15) is 5.82 Å². The van der Waals surface area contributed by atoms with Gasteiger partial charge in [0.25, 0.3) is 5.91 Å². The topological polar surface area (TPSA) is 87.0 Å². The van der Waals surface area contributed by atoms with Gasteiger partial charge in [0.2, 0.25) is 5.91 Å². The van der Waals surface area contributed by atoms with E-state index in [2.05, 4.69) is 22.0 Å². The number of allylic oxidation sites excluding steroid dienone is 1. The van der Waals surface area contributed by atoms with E-state index in [0.29, 0.717) is 29.8 Å². The molecule has 0 saturated heterocycles. The lowest BCUT2D eigenvalue weighted by atomic mass is 9.99. The maximum atomic E-state index is 15.0. The first-order chi connectivity index (χ1) is 19.0. The van der Waals surface area contributed by atoms with Gasteiger partial charge < -0.3 is 10.2 Å². The number of aliphatic imine (C=N–C) groups is 2. The molecular weight excluding hydrogens is 526 g/mol. The highest BCUT2D eigenvalue weighted by atomic mass is 19.4. The number of amides is 2. The molecule has 2 amide bonds. The summed E-state index contributed by atoms with van der Waals surface area (Å²) in [5.41, 5.74) is 0.131. The van der Waals surface area contributed by atoms with Gasteiger partial charge in [0, 0.05) is 49.5 Å². The zero-order valence-corrected chi connectivity index (χ0v) is 21.7. The second kappa shape index (κ2) is 11.6. The number of nitrogens with one attached hydrogen (secondary N) is 1. The summed E-state index contributed by atoms with van der Waals surface area (Å²) < 4.78 is 56.4. The summed E-state index contributed by atoms with van der Waals surface area (Å²) in [5, 5.41) is 2.62.